The molecule has 2 aliphatic rings. The second-order valence-corrected chi connectivity index (χ2v) is 10.8. The van der Waals surface area contributed by atoms with Crippen LogP contribution in [0.2, 0.25) is 0 Å². The number of ether oxygens (including phenoxy) is 1. The average Bonchev–Trinajstić information content (AvgIpc) is 3.08. The van der Waals surface area contributed by atoms with E-state index in [1.807, 2.05) is 24.0 Å². The number of fused-ring (bicyclic) bond motifs is 1. The second kappa shape index (κ2) is 8.32. The molecule has 1 fully saturated rings. The molecule has 0 bridgehead atoms. The van der Waals surface area contributed by atoms with Crippen LogP contribution in [0.3, 0.4) is 0 Å². The van der Waals surface area contributed by atoms with Crippen molar-refractivity contribution < 1.29 is 17.9 Å². The van der Waals surface area contributed by atoms with Crippen LogP contribution < -0.4 is 9.64 Å². The van der Waals surface area contributed by atoms with Crippen LogP contribution in [-0.2, 0) is 21.2 Å². The molecule has 0 saturated carbocycles. The molecule has 1 amide bonds. The maximum Gasteiger partial charge on any atom is 0.243 e. The molecule has 0 spiro atoms. The summed E-state index contributed by atoms with van der Waals surface area (Å²) in [6, 6.07) is 12.4. The highest BCUT2D eigenvalue weighted by atomic mass is 79.9. The summed E-state index contributed by atoms with van der Waals surface area (Å²) >= 11 is 3.49. The molecular formula is C22H25BrN2O4S. The molecule has 0 unspecified atom stereocenters. The monoisotopic (exact) mass is 492 g/mol. The van der Waals surface area contributed by atoms with Gasteiger partial charge in [-0.25, -0.2) is 8.42 Å². The Labute approximate surface area is 186 Å². The summed E-state index contributed by atoms with van der Waals surface area (Å²) in [5, 5.41) is 0. The zero-order valence-electron chi connectivity index (χ0n) is 17.0. The lowest BCUT2D eigenvalue weighted by Gasteiger charge is -2.34. The van der Waals surface area contributed by atoms with E-state index in [1.165, 1.54) is 4.31 Å². The van der Waals surface area contributed by atoms with Crippen molar-refractivity contribution in [3.05, 3.63) is 52.5 Å². The number of carbonyl (C=O) groups is 1. The first-order chi connectivity index (χ1) is 14.3. The highest BCUT2D eigenvalue weighted by Crippen LogP contribution is 2.36. The minimum absolute atomic E-state index is 0.0122. The van der Waals surface area contributed by atoms with Crippen LogP contribution >= 0.6 is 15.9 Å². The molecule has 4 rings (SSSR count). The highest BCUT2D eigenvalue weighted by molar-refractivity contribution is 9.10. The van der Waals surface area contributed by atoms with E-state index in [4.69, 9.17) is 4.74 Å². The number of piperidine rings is 1. The Bertz CT molecular complexity index is 1060. The van der Waals surface area contributed by atoms with E-state index in [2.05, 4.69) is 22.0 Å². The molecular weight excluding hydrogens is 468 g/mol. The van der Waals surface area contributed by atoms with E-state index in [1.54, 1.807) is 31.4 Å². The van der Waals surface area contributed by atoms with Crippen LogP contribution in [0.1, 0.15) is 25.3 Å². The van der Waals surface area contributed by atoms with Gasteiger partial charge in [0, 0.05) is 29.3 Å². The number of rotatable bonds is 4. The lowest BCUT2D eigenvalue weighted by molar-refractivity contribution is -0.123. The van der Waals surface area contributed by atoms with Gasteiger partial charge in [-0.1, -0.05) is 15.9 Å². The third-order valence-corrected chi connectivity index (χ3v) is 8.30. The van der Waals surface area contributed by atoms with Crippen LogP contribution in [0.4, 0.5) is 5.69 Å². The number of sulfonamides is 1. The summed E-state index contributed by atoms with van der Waals surface area (Å²) in [7, 11) is -2.11. The summed E-state index contributed by atoms with van der Waals surface area (Å²) in [5.74, 6) is 0.274. The Morgan fingerprint density at radius 2 is 1.90 bits per heavy atom. The number of anilines is 1. The van der Waals surface area contributed by atoms with E-state index in [0.29, 0.717) is 25.1 Å². The molecule has 6 nitrogen and oxygen atoms in total. The Kier molecular flexibility index (Phi) is 5.92. The van der Waals surface area contributed by atoms with Crippen LogP contribution in [0.25, 0.3) is 0 Å². The van der Waals surface area contributed by atoms with E-state index >= 15 is 0 Å². The van der Waals surface area contributed by atoms with Crippen molar-refractivity contribution in [2.45, 2.75) is 37.1 Å². The number of amides is 1. The van der Waals surface area contributed by atoms with Crippen molar-refractivity contribution in [3.8, 4) is 5.75 Å². The van der Waals surface area contributed by atoms with E-state index in [0.717, 1.165) is 22.1 Å². The zero-order valence-corrected chi connectivity index (χ0v) is 19.4. The van der Waals surface area contributed by atoms with Crippen molar-refractivity contribution >= 4 is 37.5 Å². The number of hydrogen-bond donors (Lipinski definition) is 0. The third kappa shape index (κ3) is 3.88. The Morgan fingerprint density at radius 3 is 2.60 bits per heavy atom. The molecule has 1 saturated heterocycles. The first-order valence-corrected chi connectivity index (χ1v) is 12.3. The molecule has 30 heavy (non-hydrogen) atoms. The summed E-state index contributed by atoms with van der Waals surface area (Å²) < 4.78 is 33.8. The minimum atomic E-state index is -3.66. The number of carbonyl (C=O) groups excluding carboxylic acids is 1. The standard InChI is InChI=1S/C22H25BrN2O4S/c1-15-12-17-13-18(23)5-10-21(17)25(15)22(26)16-4-3-11-24(14-16)30(27,28)20-8-6-19(29-2)7-9-20/h5-10,13,15-16H,3-4,11-12,14H2,1-2H3/t15-,16+/m0/s1. The average molecular weight is 493 g/mol. The highest BCUT2D eigenvalue weighted by Gasteiger charge is 2.39. The molecule has 2 heterocycles. The third-order valence-electron chi connectivity index (χ3n) is 5.93. The van der Waals surface area contributed by atoms with Crippen LogP contribution in [-0.4, -0.2) is 44.9 Å². The number of halogens is 1. The predicted molar refractivity (Wildman–Crippen MR) is 119 cm³/mol. The smallest absolute Gasteiger partial charge is 0.243 e. The van der Waals surface area contributed by atoms with Gasteiger partial charge in [-0.2, -0.15) is 4.31 Å². The summed E-state index contributed by atoms with van der Waals surface area (Å²) in [6.07, 6.45) is 2.17. The van der Waals surface area contributed by atoms with Gasteiger partial charge in [0.15, 0.2) is 0 Å². The number of hydrogen-bond acceptors (Lipinski definition) is 4. The first-order valence-electron chi connectivity index (χ1n) is 10.1. The molecule has 2 aliphatic heterocycles. The van der Waals surface area contributed by atoms with Gasteiger partial charge < -0.3 is 9.64 Å². The van der Waals surface area contributed by atoms with Gasteiger partial charge in [-0.05, 0) is 74.2 Å². The Balaban J connectivity index is 1.55. The Hall–Kier alpha value is -1.90. The van der Waals surface area contributed by atoms with Gasteiger partial charge in [-0.3, -0.25) is 4.79 Å². The maximum absolute atomic E-state index is 13.4. The van der Waals surface area contributed by atoms with Gasteiger partial charge in [0.2, 0.25) is 15.9 Å². The largest absolute Gasteiger partial charge is 0.497 e. The van der Waals surface area contributed by atoms with Crippen molar-refractivity contribution in [2.24, 2.45) is 5.92 Å². The molecule has 160 valence electrons. The van der Waals surface area contributed by atoms with E-state index < -0.39 is 10.0 Å². The topological polar surface area (TPSA) is 66.9 Å². The number of methoxy groups -OCH3 is 1. The molecule has 2 aromatic rings. The van der Waals surface area contributed by atoms with Crippen LogP contribution in [0.15, 0.2) is 51.8 Å². The molecule has 0 N–H and O–H groups in total. The lowest BCUT2D eigenvalue weighted by Crippen LogP contribution is -2.48. The molecule has 2 aromatic carbocycles. The predicted octanol–water partition coefficient (Wildman–Crippen LogP) is 3.84. The zero-order chi connectivity index (χ0) is 21.5. The van der Waals surface area contributed by atoms with Gasteiger partial charge in [0.1, 0.15) is 5.75 Å². The van der Waals surface area contributed by atoms with Crippen molar-refractivity contribution in [1.29, 1.82) is 0 Å². The first kappa shape index (κ1) is 21.3. The van der Waals surface area contributed by atoms with Gasteiger partial charge in [-0.15, -0.1) is 0 Å². The van der Waals surface area contributed by atoms with Crippen molar-refractivity contribution in [1.82, 2.24) is 4.31 Å². The maximum atomic E-state index is 13.4. The summed E-state index contributed by atoms with van der Waals surface area (Å²) in [4.78, 5) is 15.5. The summed E-state index contributed by atoms with van der Waals surface area (Å²) in [5.41, 5.74) is 2.08. The quantitative estimate of drug-likeness (QED) is 0.650. The van der Waals surface area contributed by atoms with Crippen molar-refractivity contribution in [3.63, 3.8) is 0 Å². The van der Waals surface area contributed by atoms with Gasteiger partial charge >= 0.3 is 0 Å². The fourth-order valence-corrected chi connectivity index (χ4v) is 6.32. The SMILES string of the molecule is COc1ccc(S(=O)(=O)N2CCC[C@@H](C(=O)N3c4ccc(Br)cc4C[C@@H]3C)C2)cc1. The molecule has 2 atom stereocenters. The number of nitrogens with zero attached hydrogens (tertiary/aromatic N) is 2. The molecule has 0 aromatic heterocycles. The van der Waals surface area contributed by atoms with E-state index in [9.17, 15) is 13.2 Å². The van der Waals surface area contributed by atoms with Gasteiger partial charge in [0.05, 0.1) is 17.9 Å². The molecule has 8 heteroatoms. The number of benzene rings is 2. The normalized spacial score (nSPS) is 22.0. The van der Waals surface area contributed by atoms with Crippen molar-refractivity contribution in [2.75, 3.05) is 25.1 Å². The Morgan fingerprint density at radius 1 is 1.17 bits per heavy atom. The van der Waals surface area contributed by atoms with Crippen LogP contribution in [0.5, 0.6) is 5.75 Å². The lowest BCUT2D eigenvalue weighted by atomic mass is 9.97. The van der Waals surface area contributed by atoms with E-state index in [-0.39, 0.29) is 29.3 Å². The fourth-order valence-electron chi connectivity index (χ4n) is 4.39. The van der Waals surface area contributed by atoms with Gasteiger partial charge in [0.25, 0.3) is 0 Å². The fraction of sp³-hybridized carbons (Fsp3) is 0.409. The van der Waals surface area contributed by atoms with Crippen LogP contribution in [0, 0.1) is 5.92 Å². The molecule has 0 radical (unpaired) electrons. The summed E-state index contributed by atoms with van der Waals surface area (Å²) in [6.45, 7) is 2.68. The second-order valence-electron chi connectivity index (χ2n) is 7.91. The minimum Gasteiger partial charge on any atom is -0.497 e. The molecule has 0 aliphatic carbocycles.